The van der Waals surface area contributed by atoms with Crippen LogP contribution in [0, 0.1) is 5.41 Å². The van der Waals surface area contributed by atoms with Gasteiger partial charge in [-0.3, -0.25) is 4.79 Å². The van der Waals surface area contributed by atoms with Gasteiger partial charge in [-0.15, -0.1) is 0 Å². The molecule has 0 heterocycles. The van der Waals surface area contributed by atoms with E-state index >= 15 is 0 Å². The van der Waals surface area contributed by atoms with Crippen molar-refractivity contribution in [2.24, 2.45) is 11.1 Å². The zero-order valence-corrected chi connectivity index (χ0v) is 11.9. The summed E-state index contributed by atoms with van der Waals surface area (Å²) < 4.78 is 24.1. The number of hydrogen-bond acceptors (Lipinski definition) is 4. The normalized spacial score (nSPS) is 18.4. The molecular weight excluding hydrogens is 254 g/mol. The quantitative estimate of drug-likeness (QED) is 0.657. The fourth-order valence-electron chi connectivity index (χ4n) is 2.03. The highest BCUT2D eigenvalue weighted by molar-refractivity contribution is 7.89. The Labute approximate surface area is 109 Å². The van der Waals surface area contributed by atoms with Gasteiger partial charge in [0.2, 0.25) is 15.9 Å². The SMILES string of the molecule is CN(C)S(=O)(=O)CCNC(=O)CC1(CN)CCC1. The number of nitrogens with two attached hydrogens (primary N) is 1. The Balaban J connectivity index is 2.30. The molecule has 0 aromatic heterocycles. The Hall–Kier alpha value is -0.660. The smallest absolute Gasteiger partial charge is 0.220 e. The van der Waals surface area contributed by atoms with Gasteiger partial charge in [-0.2, -0.15) is 0 Å². The predicted octanol–water partition coefficient (Wildman–Crippen LogP) is -0.487. The van der Waals surface area contributed by atoms with Gasteiger partial charge in [0.15, 0.2) is 0 Å². The topological polar surface area (TPSA) is 92.5 Å². The van der Waals surface area contributed by atoms with E-state index in [-0.39, 0.29) is 23.6 Å². The van der Waals surface area contributed by atoms with E-state index in [0.717, 1.165) is 23.6 Å². The van der Waals surface area contributed by atoms with Crippen LogP contribution in [0.2, 0.25) is 0 Å². The highest BCUT2D eigenvalue weighted by atomic mass is 32.2. The van der Waals surface area contributed by atoms with E-state index in [2.05, 4.69) is 5.32 Å². The fraction of sp³-hybridized carbons (Fsp3) is 0.909. The number of carbonyl (C=O) groups is 1. The van der Waals surface area contributed by atoms with Crippen LogP contribution in [-0.2, 0) is 14.8 Å². The summed E-state index contributed by atoms with van der Waals surface area (Å²) in [6.45, 7) is 0.677. The predicted molar refractivity (Wildman–Crippen MR) is 70.4 cm³/mol. The first kappa shape index (κ1) is 15.4. The van der Waals surface area contributed by atoms with Crippen molar-refractivity contribution < 1.29 is 13.2 Å². The molecule has 6 nitrogen and oxygen atoms in total. The third-order valence-corrected chi connectivity index (χ3v) is 5.45. The molecule has 0 aromatic carbocycles. The molecule has 18 heavy (non-hydrogen) atoms. The molecule has 1 saturated carbocycles. The van der Waals surface area contributed by atoms with Crippen molar-refractivity contribution in [2.45, 2.75) is 25.7 Å². The number of amides is 1. The minimum absolute atomic E-state index is 0.0372. The second kappa shape index (κ2) is 5.99. The zero-order chi connectivity index (χ0) is 13.8. The summed E-state index contributed by atoms with van der Waals surface area (Å²) in [7, 11) is -0.279. The maximum Gasteiger partial charge on any atom is 0.220 e. The Morgan fingerprint density at radius 2 is 2.00 bits per heavy atom. The van der Waals surface area contributed by atoms with Crippen LogP contribution >= 0.6 is 0 Å². The van der Waals surface area contributed by atoms with E-state index in [1.165, 1.54) is 14.1 Å². The lowest BCUT2D eigenvalue weighted by molar-refractivity contribution is -0.124. The first-order valence-electron chi connectivity index (χ1n) is 6.18. The van der Waals surface area contributed by atoms with Gasteiger partial charge in [-0.05, 0) is 24.8 Å². The number of nitrogens with one attached hydrogen (secondary N) is 1. The number of carbonyl (C=O) groups excluding carboxylic acids is 1. The van der Waals surface area contributed by atoms with Gasteiger partial charge in [0.05, 0.1) is 5.75 Å². The van der Waals surface area contributed by atoms with E-state index in [4.69, 9.17) is 5.73 Å². The van der Waals surface area contributed by atoms with Gasteiger partial charge in [-0.25, -0.2) is 12.7 Å². The van der Waals surface area contributed by atoms with Gasteiger partial charge >= 0.3 is 0 Å². The van der Waals surface area contributed by atoms with Crippen LogP contribution in [0.5, 0.6) is 0 Å². The van der Waals surface area contributed by atoms with Crippen LogP contribution in [0.3, 0.4) is 0 Å². The van der Waals surface area contributed by atoms with Crippen LogP contribution in [-0.4, -0.2) is 51.6 Å². The minimum atomic E-state index is -3.24. The van der Waals surface area contributed by atoms with Crippen LogP contribution in [0.15, 0.2) is 0 Å². The third-order valence-electron chi connectivity index (χ3n) is 3.62. The van der Waals surface area contributed by atoms with Crippen LogP contribution < -0.4 is 11.1 Å². The van der Waals surface area contributed by atoms with Crippen molar-refractivity contribution in [1.82, 2.24) is 9.62 Å². The van der Waals surface area contributed by atoms with Crippen molar-refractivity contribution >= 4 is 15.9 Å². The summed E-state index contributed by atoms with van der Waals surface area (Å²) in [5.74, 6) is -0.171. The standard InChI is InChI=1S/C11H23N3O3S/c1-14(2)18(16,17)7-6-13-10(15)8-11(9-12)4-3-5-11/h3-9,12H2,1-2H3,(H,13,15). The second-order valence-electron chi connectivity index (χ2n) is 5.18. The molecule has 0 atom stereocenters. The Morgan fingerprint density at radius 1 is 1.39 bits per heavy atom. The van der Waals surface area contributed by atoms with E-state index in [1.807, 2.05) is 0 Å². The molecule has 0 unspecified atom stereocenters. The zero-order valence-electron chi connectivity index (χ0n) is 11.1. The van der Waals surface area contributed by atoms with Gasteiger partial charge in [0, 0.05) is 27.1 Å². The monoisotopic (exact) mass is 277 g/mol. The molecule has 1 aliphatic rings. The average Bonchev–Trinajstić information content (AvgIpc) is 2.23. The maximum atomic E-state index is 11.7. The number of sulfonamides is 1. The lowest BCUT2D eigenvalue weighted by Crippen LogP contribution is -2.43. The molecule has 0 saturated heterocycles. The molecule has 1 fully saturated rings. The van der Waals surface area contributed by atoms with Gasteiger partial charge < -0.3 is 11.1 Å². The number of hydrogen-bond donors (Lipinski definition) is 2. The van der Waals surface area contributed by atoms with E-state index in [1.54, 1.807) is 0 Å². The Morgan fingerprint density at radius 3 is 2.39 bits per heavy atom. The summed E-state index contributed by atoms with van der Waals surface area (Å²) in [4.78, 5) is 11.7. The molecule has 106 valence electrons. The van der Waals surface area contributed by atoms with Crippen molar-refractivity contribution in [2.75, 3.05) is 32.9 Å². The van der Waals surface area contributed by atoms with Gasteiger partial charge in [0.1, 0.15) is 0 Å². The average molecular weight is 277 g/mol. The minimum Gasteiger partial charge on any atom is -0.355 e. The largest absolute Gasteiger partial charge is 0.355 e. The first-order chi connectivity index (χ1) is 8.31. The molecule has 1 amide bonds. The highest BCUT2D eigenvalue weighted by Gasteiger charge is 2.37. The van der Waals surface area contributed by atoms with E-state index < -0.39 is 10.0 Å². The van der Waals surface area contributed by atoms with Crippen molar-refractivity contribution in [1.29, 1.82) is 0 Å². The van der Waals surface area contributed by atoms with Crippen LogP contribution in [0.4, 0.5) is 0 Å². The van der Waals surface area contributed by atoms with Crippen molar-refractivity contribution in [3.05, 3.63) is 0 Å². The fourth-order valence-corrected chi connectivity index (χ4v) is 2.76. The van der Waals surface area contributed by atoms with Gasteiger partial charge in [0.25, 0.3) is 0 Å². The summed E-state index contributed by atoms with van der Waals surface area (Å²) >= 11 is 0. The van der Waals surface area contributed by atoms with E-state index in [9.17, 15) is 13.2 Å². The number of rotatable bonds is 7. The van der Waals surface area contributed by atoms with Crippen molar-refractivity contribution in [3.8, 4) is 0 Å². The molecule has 0 bridgehead atoms. The Bertz CT molecular complexity index is 383. The molecule has 7 heteroatoms. The summed E-state index contributed by atoms with van der Waals surface area (Å²) in [5, 5.41) is 2.65. The van der Waals surface area contributed by atoms with Gasteiger partial charge in [-0.1, -0.05) is 6.42 Å². The first-order valence-corrected chi connectivity index (χ1v) is 7.79. The lowest BCUT2D eigenvalue weighted by Gasteiger charge is -2.40. The molecule has 0 aromatic rings. The molecule has 0 radical (unpaired) electrons. The second-order valence-corrected chi connectivity index (χ2v) is 7.49. The molecule has 1 aliphatic carbocycles. The summed E-state index contributed by atoms with van der Waals surface area (Å²) in [6.07, 6.45) is 3.52. The lowest BCUT2D eigenvalue weighted by atomic mass is 9.66. The molecule has 1 rings (SSSR count). The highest BCUT2D eigenvalue weighted by Crippen LogP contribution is 2.42. The van der Waals surface area contributed by atoms with Crippen molar-refractivity contribution in [3.63, 3.8) is 0 Å². The molecular formula is C11H23N3O3S. The Kier molecular flexibility index (Phi) is 5.12. The summed E-state index contributed by atoms with van der Waals surface area (Å²) in [6, 6.07) is 0. The maximum absolute atomic E-state index is 11.7. The molecule has 0 spiro atoms. The molecule has 0 aliphatic heterocycles. The van der Waals surface area contributed by atoms with Crippen LogP contribution in [0.25, 0.3) is 0 Å². The van der Waals surface area contributed by atoms with E-state index in [0.29, 0.717) is 13.0 Å². The molecule has 3 N–H and O–H groups in total. The van der Waals surface area contributed by atoms with Crippen LogP contribution in [0.1, 0.15) is 25.7 Å². The number of nitrogens with zero attached hydrogens (tertiary/aromatic N) is 1. The third kappa shape index (κ3) is 3.93. The summed E-state index contributed by atoms with van der Waals surface area (Å²) in [5.41, 5.74) is 5.63.